The Morgan fingerprint density at radius 2 is 1.48 bits per heavy atom. The van der Waals surface area contributed by atoms with E-state index in [2.05, 4.69) is 29.4 Å². The fourth-order valence-corrected chi connectivity index (χ4v) is 6.71. The Labute approximate surface area is 235 Å². The van der Waals surface area contributed by atoms with E-state index in [0.717, 1.165) is 27.3 Å². The monoisotopic (exact) mass is 550 g/mol. The maximum Gasteiger partial charge on any atom is 0.339 e. The highest BCUT2D eigenvalue weighted by Crippen LogP contribution is 2.60. The highest BCUT2D eigenvalue weighted by atomic mass is 35.5. The second-order valence-corrected chi connectivity index (χ2v) is 10.5. The number of hydrogen-bond donors (Lipinski definition) is 0. The van der Waals surface area contributed by atoms with Crippen LogP contribution in [0.15, 0.2) is 88.4 Å². The number of hydrazone groups is 1. The average molecular weight is 551 g/mol. The summed E-state index contributed by atoms with van der Waals surface area (Å²) >= 11 is 6.18. The zero-order chi connectivity index (χ0) is 27.5. The quantitative estimate of drug-likeness (QED) is 0.173. The van der Waals surface area contributed by atoms with Crippen LogP contribution in [0, 0.1) is 11.8 Å². The molecule has 8 heteroatoms. The summed E-state index contributed by atoms with van der Waals surface area (Å²) in [5.41, 5.74) is 5.31. The van der Waals surface area contributed by atoms with E-state index >= 15 is 0 Å². The van der Waals surface area contributed by atoms with Gasteiger partial charge in [-0.15, -0.1) is 0 Å². The van der Waals surface area contributed by atoms with Crippen molar-refractivity contribution in [3.8, 4) is 11.3 Å². The normalized spacial score (nSPS) is 22.4. The van der Waals surface area contributed by atoms with E-state index < -0.39 is 17.8 Å². The number of rotatable bonds is 5. The second-order valence-electron chi connectivity index (χ2n) is 10.1. The molecule has 198 valence electrons. The Hall–Kier alpha value is -4.49. The lowest BCUT2D eigenvalue weighted by Gasteiger charge is -2.45. The van der Waals surface area contributed by atoms with Gasteiger partial charge in [-0.25, -0.2) is 4.79 Å². The zero-order valence-corrected chi connectivity index (χ0v) is 22.2. The molecule has 40 heavy (non-hydrogen) atoms. The molecule has 3 aromatic carbocycles. The third-order valence-corrected chi connectivity index (χ3v) is 8.43. The lowest BCUT2D eigenvalue weighted by Crippen LogP contribution is -2.41. The molecule has 0 saturated carbocycles. The van der Waals surface area contributed by atoms with E-state index in [0.29, 0.717) is 17.1 Å². The summed E-state index contributed by atoms with van der Waals surface area (Å²) in [6, 6.07) is 24.6. The van der Waals surface area contributed by atoms with Gasteiger partial charge in [-0.1, -0.05) is 60.1 Å². The van der Waals surface area contributed by atoms with Gasteiger partial charge in [-0.05, 0) is 59.5 Å². The maximum absolute atomic E-state index is 13.7. The predicted molar refractivity (Wildman–Crippen MR) is 148 cm³/mol. The summed E-state index contributed by atoms with van der Waals surface area (Å²) < 4.78 is 11.0. The van der Waals surface area contributed by atoms with Gasteiger partial charge in [0.05, 0.1) is 35.2 Å². The summed E-state index contributed by atoms with van der Waals surface area (Å²) in [6.45, 7) is 1.96. The standard InChI is InChI=1S/C32H23ClN2O5/c1-2-39-32(38)23-15-17(11-13-24(23)33)25-14-12-18(40-25)16-34-35-30(36)28-26-19-7-3-4-8-20(19)27(29(28)31(35)37)22-10-6-5-9-21(22)26/h3-16,26-29H,2H2,1H3/b34-16-/t26?,27?,28-,29+. The summed E-state index contributed by atoms with van der Waals surface area (Å²) in [6.07, 6.45) is 1.38. The summed E-state index contributed by atoms with van der Waals surface area (Å²) in [7, 11) is 0. The molecule has 2 bridgehead atoms. The lowest BCUT2D eigenvalue weighted by molar-refractivity contribution is -0.139. The number of amides is 2. The first-order valence-corrected chi connectivity index (χ1v) is 13.5. The molecule has 1 fully saturated rings. The number of ether oxygens (including phenoxy) is 1. The van der Waals surface area contributed by atoms with Gasteiger partial charge in [0.15, 0.2) is 0 Å². The minimum Gasteiger partial charge on any atom is -0.462 e. The number of carbonyl (C=O) groups excluding carboxylic acids is 3. The number of esters is 1. The zero-order valence-electron chi connectivity index (χ0n) is 21.4. The van der Waals surface area contributed by atoms with Gasteiger partial charge in [-0.3, -0.25) is 9.59 Å². The highest BCUT2D eigenvalue weighted by molar-refractivity contribution is 6.33. The van der Waals surface area contributed by atoms with Gasteiger partial charge in [0.1, 0.15) is 11.5 Å². The van der Waals surface area contributed by atoms with Crippen LogP contribution in [0.3, 0.4) is 0 Å². The van der Waals surface area contributed by atoms with Crippen molar-refractivity contribution in [3.05, 3.63) is 117 Å². The van der Waals surface area contributed by atoms with Crippen LogP contribution in [0.1, 0.15) is 57.1 Å². The van der Waals surface area contributed by atoms with Gasteiger partial charge in [0, 0.05) is 17.4 Å². The largest absolute Gasteiger partial charge is 0.462 e. The first-order chi connectivity index (χ1) is 19.5. The van der Waals surface area contributed by atoms with Crippen molar-refractivity contribution < 1.29 is 23.5 Å². The molecule has 0 radical (unpaired) electrons. The van der Waals surface area contributed by atoms with Crippen molar-refractivity contribution in [1.29, 1.82) is 0 Å². The van der Waals surface area contributed by atoms with Crippen molar-refractivity contribution in [3.63, 3.8) is 0 Å². The fourth-order valence-electron chi connectivity index (χ4n) is 6.51. The van der Waals surface area contributed by atoms with Gasteiger partial charge in [-0.2, -0.15) is 10.1 Å². The van der Waals surface area contributed by atoms with Crippen LogP contribution in [0.5, 0.6) is 0 Å². The van der Waals surface area contributed by atoms with E-state index in [-0.39, 0.29) is 40.8 Å². The van der Waals surface area contributed by atoms with E-state index in [4.69, 9.17) is 20.8 Å². The molecule has 2 heterocycles. The van der Waals surface area contributed by atoms with Crippen LogP contribution in [0.4, 0.5) is 0 Å². The van der Waals surface area contributed by atoms with Crippen LogP contribution < -0.4 is 0 Å². The van der Waals surface area contributed by atoms with E-state index in [1.165, 1.54) is 6.21 Å². The number of imide groups is 1. The number of carbonyl (C=O) groups is 3. The van der Waals surface area contributed by atoms with E-state index in [9.17, 15) is 14.4 Å². The van der Waals surface area contributed by atoms with Crippen LogP contribution in [0.25, 0.3) is 11.3 Å². The lowest BCUT2D eigenvalue weighted by atomic mass is 9.55. The summed E-state index contributed by atoms with van der Waals surface area (Å²) in [4.78, 5) is 39.6. The van der Waals surface area contributed by atoms with Crippen LogP contribution in [-0.4, -0.2) is 35.6 Å². The number of halogens is 1. The molecule has 1 aliphatic heterocycles. The molecule has 1 aromatic heterocycles. The van der Waals surface area contributed by atoms with Crippen molar-refractivity contribution in [2.24, 2.45) is 16.9 Å². The van der Waals surface area contributed by atoms with Crippen molar-refractivity contribution >= 4 is 35.6 Å². The number of hydrogen-bond acceptors (Lipinski definition) is 6. The molecule has 0 N–H and O–H groups in total. The molecular formula is C32H23ClN2O5. The first-order valence-electron chi connectivity index (χ1n) is 13.1. The third-order valence-electron chi connectivity index (χ3n) is 8.10. The summed E-state index contributed by atoms with van der Waals surface area (Å²) in [5.74, 6) is -1.66. The van der Waals surface area contributed by atoms with E-state index in [1.54, 1.807) is 37.3 Å². The summed E-state index contributed by atoms with van der Waals surface area (Å²) in [5, 5.41) is 5.60. The van der Waals surface area contributed by atoms with Gasteiger partial charge in [0.2, 0.25) is 0 Å². The molecule has 8 rings (SSSR count). The van der Waals surface area contributed by atoms with Crippen LogP contribution in [0.2, 0.25) is 5.02 Å². The molecule has 7 nitrogen and oxygen atoms in total. The van der Waals surface area contributed by atoms with Crippen molar-refractivity contribution in [2.45, 2.75) is 18.8 Å². The molecule has 2 amide bonds. The van der Waals surface area contributed by atoms with Crippen molar-refractivity contribution in [2.75, 3.05) is 6.61 Å². The Balaban J connectivity index is 1.18. The Morgan fingerprint density at radius 1 is 0.900 bits per heavy atom. The minimum atomic E-state index is -0.520. The van der Waals surface area contributed by atoms with Gasteiger partial charge >= 0.3 is 5.97 Å². The predicted octanol–water partition coefficient (Wildman–Crippen LogP) is 6.00. The molecule has 4 aliphatic rings. The fraction of sp³-hybridized carbons (Fsp3) is 0.188. The van der Waals surface area contributed by atoms with Crippen LogP contribution >= 0.6 is 11.6 Å². The molecule has 3 aliphatic carbocycles. The smallest absolute Gasteiger partial charge is 0.339 e. The molecule has 1 saturated heterocycles. The van der Waals surface area contributed by atoms with Gasteiger partial charge in [0.25, 0.3) is 11.8 Å². The molecular weight excluding hydrogens is 528 g/mol. The number of benzene rings is 3. The maximum atomic E-state index is 13.7. The molecule has 0 spiro atoms. The SMILES string of the molecule is CCOC(=O)c1cc(-c2ccc(/C=N\N3C(=O)[C@@H]4C5c6ccccc6C(c6ccccc65)[C@@H]4C3=O)o2)ccc1Cl. The topological polar surface area (TPSA) is 89.2 Å². The van der Waals surface area contributed by atoms with Crippen molar-refractivity contribution in [1.82, 2.24) is 5.01 Å². The highest BCUT2D eigenvalue weighted by Gasteiger charge is 2.61. The first kappa shape index (κ1) is 24.5. The average Bonchev–Trinajstić information content (AvgIpc) is 3.55. The second kappa shape index (κ2) is 9.31. The minimum absolute atomic E-state index is 0.187. The van der Waals surface area contributed by atoms with Crippen LogP contribution in [-0.2, 0) is 14.3 Å². The molecule has 0 unspecified atom stereocenters. The molecule has 4 aromatic rings. The Morgan fingerprint density at radius 3 is 2.02 bits per heavy atom. The molecule has 2 atom stereocenters. The Bertz CT molecular complexity index is 1630. The number of nitrogens with zero attached hydrogens (tertiary/aromatic N) is 2. The third kappa shape index (κ3) is 3.58. The van der Waals surface area contributed by atoms with E-state index in [1.807, 2.05) is 24.3 Å². The number of furan rings is 1. The van der Waals surface area contributed by atoms with Gasteiger partial charge < -0.3 is 9.15 Å². The Kier molecular flexibility index (Phi) is 5.71.